The number of nitrogens with one attached hydrogen (secondary N) is 1. The van der Waals surface area contributed by atoms with Gasteiger partial charge in [-0.15, -0.1) is 0 Å². The Bertz CT molecular complexity index is 705. The lowest BCUT2D eigenvalue weighted by molar-refractivity contribution is 0.0691. The maximum atomic E-state index is 12.1. The molecule has 0 saturated carbocycles. The van der Waals surface area contributed by atoms with Crippen molar-refractivity contribution in [3.05, 3.63) is 34.1 Å². The fourth-order valence-corrected chi connectivity index (χ4v) is 1.97. The molecular formula is C14H15NO5. The highest BCUT2D eigenvalue weighted by molar-refractivity contribution is 5.94. The number of carbonyl (C=O) groups is 1. The van der Waals surface area contributed by atoms with E-state index in [0.29, 0.717) is 35.6 Å². The van der Waals surface area contributed by atoms with Crippen LogP contribution in [0.3, 0.4) is 0 Å². The second-order valence-corrected chi connectivity index (χ2v) is 4.03. The van der Waals surface area contributed by atoms with Gasteiger partial charge in [0.2, 0.25) is 0 Å². The molecule has 20 heavy (non-hydrogen) atoms. The van der Waals surface area contributed by atoms with Crippen LogP contribution >= 0.6 is 0 Å². The molecule has 1 heterocycles. The van der Waals surface area contributed by atoms with Crippen LogP contribution in [0, 0.1) is 0 Å². The van der Waals surface area contributed by atoms with E-state index in [1.807, 2.05) is 6.92 Å². The van der Waals surface area contributed by atoms with Crippen molar-refractivity contribution >= 4 is 16.9 Å². The highest BCUT2D eigenvalue weighted by Gasteiger charge is 2.15. The zero-order valence-electron chi connectivity index (χ0n) is 11.2. The molecule has 0 atom stereocenters. The van der Waals surface area contributed by atoms with Gasteiger partial charge in [0.25, 0.3) is 0 Å². The molecule has 0 aliphatic rings. The number of carboxylic acid groups (broad SMARTS) is 1. The minimum Gasteiger partial charge on any atom is -0.493 e. The molecule has 106 valence electrons. The first-order valence-electron chi connectivity index (χ1n) is 6.27. The van der Waals surface area contributed by atoms with Gasteiger partial charge in [-0.3, -0.25) is 4.79 Å². The number of aromatic nitrogens is 1. The standard InChI is InChI=1S/C14H15NO5/c1-3-19-10-5-6-11(20-4-2)13-12(10)9(16)7-8(15-13)14(17)18/h5-7H,3-4H2,1-2H3,(H,15,16)(H,17,18). The van der Waals surface area contributed by atoms with E-state index < -0.39 is 11.4 Å². The molecule has 0 amide bonds. The smallest absolute Gasteiger partial charge is 0.352 e. The average Bonchev–Trinajstić information content (AvgIpc) is 2.41. The monoisotopic (exact) mass is 277 g/mol. The van der Waals surface area contributed by atoms with Crippen LogP contribution in [0.2, 0.25) is 0 Å². The van der Waals surface area contributed by atoms with Crippen LogP contribution in [0.5, 0.6) is 11.5 Å². The van der Waals surface area contributed by atoms with Crippen molar-refractivity contribution in [3.8, 4) is 11.5 Å². The molecule has 2 N–H and O–H groups in total. The number of pyridine rings is 1. The van der Waals surface area contributed by atoms with Crippen molar-refractivity contribution in [2.45, 2.75) is 13.8 Å². The summed E-state index contributed by atoms with van der Waals surface area (Å²) in [6, 6.07) is 4.34. The van der Waals surface area contributed by atoms with Crippen molar-refractivity contribution in [2.75, 3.05) is 13.2 Å². The summed E-state index contributed by atoms with van der Waals surface area (Å²) in [5.74, 6) is -0.372. The summed E-state index contributed by atoms with van der Waals surface area (Å²) < 4.78 is 10.8. The molecule has 0 aliphatic heterocycles. The van der Waals surface area contributed by atoms with Crippen molar-refractivity contribution in [2.24, 2.45) is 0 Å². The van der Waals surface area contributed by atoms with Crippen LogP contribution in [0.25, 0.3) is 10.9 Å². The number of fused-ring (bicyclic) bond motifs is 1. The number of aromatic carboxylic acids is 1. The molecule has 1 aromatic carbocycles. The summed E-state index contributed by atoms with van der Waals surface area (Å²) in [5.41, 5.74) is -0.263. The Morgan fingerprint density at radius 3 is 2.40 bits per heavy atom. The van der Waals surface area contributed by atoms with E-state index in [0.717, 1.165) is 6.07 Å². The van der Waals surface area contributed by atoms with E-state index >= 15 is 0 Å². The van der Waals surface area contributed by atoms with Gasteiger partial charge in [-0.25, -0.2) is 4.79 Å². The van der Waals surface area contributed by atoms with Gasteiger partial charge >= 0.3 is 5.97 Å². The SMILES string of the molecule is CCOc1ccc(OCC)c2c(=O)cc(C(=O)O)[nH]c12. The van der Waals surface area contributed by atoms with Crippen molar-refractivity contribution in [3.63, 3.8) is 0 Å². The number of carboxylic acids is 1. The lowest BCUT2D eigenvalue weighted by atomic mass is 10.1. The summed E-state index contributed by atoms with van der Waals surface area (Å²) >= 11 is 0. The second kappa shape index (κ2) is 5.64. The van der Waals surface area contributed by atoms with Gasteiger partial charge in [0, 0.05) is 6.07 Å². The van der Waals surface area contributed by atoms with Crippen molar-refractivity contribution < 1.29 is 19.4 Å². The van der Waals surface area contributed by atoms with Gasteiger partial charge in [-0.2, -0.15) is 0 Å². The molecule has 0 radical (unpaired) electrons. The largest absolute Gasteiger partial charge is 0.493 e. The van der Waals surface area contributed by atoms with Gasteiger partial charge in [-0.1, -0.05) is 0 Å². The summed E-state index contributed by atoms with van der Waals surface area (Å²) in [6.45, 7) is 4.43. The van der Waals surface area contributed by atoms with E-state index in [4.69, 9.17) is 14.6 Å². The fourth-order valence-electron chi connectivity index (χ4n) is 1.97. The van der Waals surface area contributed by atoms with Crippen LogP contribution in [-0.2, 0) is 0 Å². The Kier molecular flexibility index (Phi) is 3.93. The zero-order chi connectivity index (χ0) is 14.7. The lowest BCUT2D eigenvalue weighted by Gasteiger charge is -2.12. The van der Waals surface area contributed by atoms with Crippen molar-refractivity contribution in [1.82, 2.24) is 4.98 Å². The second-order valence-electron chi connectivity index (χ2n) is 4.03. The zero-order valence-corrected chi connectivity index (χ0v) is 11.2. The third kappa shape index (κ3) is 2.45. The van der Waals surface area contributed by atoms with E-state index in [1.54, 1.807) is 19.1 Å². The molecule has 2 aromatic rings. The number of aromatic amines is 1. The summed E-state index contributed by atoms with van der Waals surface area (Å²) in [5, 5.41) is 9.31. The van der Waals surface area contributed by atoms with Gasteiger partial charge in [0.05, 0.1) is 24.1 Å². The van der Waals surface area contributed by atoms with Crippen molar-refractivity contribution in [1.29, 1.82) is 0 Å². The Morgan fingerprint density at radius 2 is 1.80 bits per heavy atom. The average molecular weight is 277 g/mol. The molecule has 0 aliphatic carbocycles. The highest BCUT2D eigenvalue weighted by atomic mass is 16.5. The topological polar surface area (TPSA) is 88.6 Å². The Balaban J connectivity index is 2.81. The van der Waals surface area contributed by atoms with Crippen LogP contribution in [0.1, 0.15) is 24.3 Å². The highest BCUT2D eigenvalue weighted by Crippen LogP contribution is 2.30. The molecule has 6 heteroatoms. The first-order chi connectivity index (χ1) is 9.58. The predicted octanol–water partition coefficient (Wildman–Crippen LogP) is 2.02. The van der Waals surface area contributed by atoms with E-state index in [9.17, 15) is 9.59 Å². The molecule has 2 rings (SSSR count). The normalized spacial score (nSPS) is 10.5. The molecule has 1 aromatic heterocycles. The number of hydrogen-bond acceptors (Lipinski definition) is 4. The van der Waals surface area contributed by atoms with Gasteiger partial charge in [0.1, 0.15) is 17.2 Å². The van der Waals surface area contributed by atoms with Crippen LogP contribution in [-0.4, -0.2) is 29.3 Å². The maximum absolute atomic E-state index is 12.1. The lowest BCUT2D eigenvalue weighted by Crippen LogP contribution is -2.12. The predicted molar refractivity (Wildman–Crippen MR) is 73.9 cm³/mol. The minimum atomic E-state index is -1.20. The van der Waals surface area contributed by atoms with Crippen LogP contribution in [0.15, 0.2) is 23.0 Å². The number of rotatable bonds is 5. The van der Waals surface area contributed by atoms with E-state index in [2.05, 4.69) is 4.98 Å². The molecule has 0 fully saturated rings. The summed E-state index contributed by atoms with van der Waals surface area (Å²) in [7, 11) is 0. The number of ether oxygens (including phenoxy) is 2. The molecule has 0 unspecified atom stereocenters. The maximum Gasteiger partial charge on any atom is 0.352 e. The first kappa shape index (κ1) is 13.9. The van der Waals surface area contributed by atoms with Gasteiger partial charge < -0.3 is 19.6 Å². The van der Waals surface area contributed by atoms with Gasteiger partial charge in [0.15, 0.2) is 5.43 Å². The summed E-state index contributed by atoms with van der Waals surface area (Å²) in [4.78, 5) is 25.9. The van der Waals surface area contributed by atoms with Gasteiger partial charge in [-0.05, 0) is 26.0 Å². The molecule has 0 bridgehead atoms. The fraction of sp³-hybridized carbons (Fsp3) is 0.286. The molecule has 0 spiro atoms. The Morgan fingerprint density at radius 1 is 1.20 bits per heavy atom. The molecule has 0 saturated heterocycles. The first-order valence-corrected chi connectivity index (χ1v) is 6.27. The number of benzene rings is 1. The van der Waals surface area contributed by atoms with Crippen LogP contribution < -0.4 is 14.9 Å². The Labute approximate surface area is 115 Å². The molecule has 6 nitrogen and oxygen atoms in total. The number of hydrogen-bond donors (Lipinski definition) is 2. The minimum absolute atomic E-state index is 0.183. The van der Waals surface area contributed by atoms with Crippen LogP contribution in [0.4, 0.5) is 0 Å². The van der Waals surface area contributed by atoms with E-state index in [-0.39, 0.29) is 5.69 Å². The summed E-state index contributed by atoms with van der Waals surface area (Å²) in [6.07, 6.45) is 0. The number of H-pyrrole nitrogens is 1. The quantitative estimate of drug-likeness (QED) is 0.872. The Hall–Kier alpha value is -2.50. The molecular weight excluding hydrogens is 262 g/mol. The third-order valence-electron chi connectivity index (χ3n) is 2.74. The third-order valence-corrected chi connectivity index (χ3v) is 2.74. The van der Waals surface area contributed by atoms with E-state index in [1.165, 1.54) is 0 Å².